The van der Waals surface area contributed by atoms with E-state index in [9.17, 15) is 4.79 Å². The number of carbonyl (C=O) groups is 1. The summed E-state index contributed by atoms with van der Waals surface area (Å²) in [4.78, 5) is 14.4. The Bertz CT molecular complexity index is 443. The number of anilines is 1. The largest absolute Gasteiger partial charge is 0.379 e. The van der Waals surface area contributed by atoms with E-state index in [4.69, 9.17) is 5.73 Å². The maximum atomic E-state index is 12.4. The van der Waals surface area contributed by atoms with Gasteiger partial charge in [-0.15, -0.1) is 0 Å². The topological polar surface area (TPSA) is 85.2 Å². The van der Waals surface area contributed by atoms with Crippen LogP contribution < -0.4 is 5.73 Å². The average Bonchev–Trinajstić information content (AvgIpc) is 2.83. The number of aromatic nitrogens is 2. The van der Waals surface area contributed by atoms with E-state index >= 15 is 0 Å². The van der Waals surface area contributed by atoms with Gasteiger partial charge in [-0.3, -0.25) is 4.79 Å². The first-order valence-corrected chi connectivity index (χ1v) is 6.66. The third-order valence-electron chi connectivity index (χ3n) is 4.22. The number of nitrogens with zero attached hydrogens (tertiary/aromatic N) is 3. The van der Waals surface area contributed by atoms with Gasteiger partial charge < -0.3 is 10.6 Å². The van der Waals surface area contributed by atoms with Gasteiger partial charge >= 0.3 is 0 Å². The molecule has 6 nitrogen and oxygen atoms in total. The molecule has 2 aliphatic rings. The number of nitrogen functional groups attached to an aromatic ring is 1. The second-order valence-corrected chi connectivity index (χ2v) is 5.25. The highest BCUT2D eigenvalue weighted by atomic mass is 16.6. The molecule has 1 saturated carbocycles. The number of hydrogen-bond donors (Lipinski definition) is 1. The van der Waals surface area contributed by atoms with Crippen LogP contribution in [0, 0.1) is 5.92 Å². The minimum atomic E-state index is -0.120. The molecule has 2 N–H and O–H groups in total. The predicted molar refractivity (Wildman–Crippen MR) is 64.7 cm³/mol. The normalized spacial score (nSPS) is 27.9. The summed E-state index contributed by atoms with van der Waals surface area (Å²) in [5.41, 5.74) is 5.77. The van der Waals surface area contributed by atoms with Crippen LogP contribution in [0.3, 0.4) is 0 Å². The number of carbonyl (C=O) groups excluding carboxylic acids is 1. The number of likely N-dealkylation sites (tertiary alicyclic amines) is 1. The average molecular weight is 250 g/mol. The molecule has 0 spiro atoms. The molecule has 2 heterocycles. The Morgan fingerprint density at radius 2 is 2.00 bits per heavy atom. The molecule has 1 aromatic rings. The van der Waals surface area contributed by atoms with Crippen molar-refractivity contribution in [1.29, 1.82) is 0 Å². The lowest BCUT2D eigenvalue weighted by Crippen LogP contribution is -2.49. The lowest BCUT2D eigenvalue weighted by Gasteiger charge is -2.43. The fraction of sp³-hybridized carbons (Fsp3) is 0.750. The van der Waals surface area contributed by atoms with Crippen LogP contribution in [0.4, 0.5) is 5.82 Å². The molecule has 2 fully saturated rings. The van der Waals surface area contributed by atoms with Crippen molar-refractivity contribution >= 4 is 11.7 Å². The zero-order valence-electron chi connectivity index (χ0n) is 10.3. The Kier molecular flexibility index (Phi) is 2.93. The van der Waals surface area contributed by atoms with Gasteiger partial charge in [0, 0.05) is 12.6 Å². The van der Waals surface area contributed by atoms with Gasteiger partial charge in [0.05, 0.1) is 0 Å². The molecule has 1 aliphatic carbocycles. The van der Waals surface area contributed by atoms with Gasteiger partial charge in [-0.25, -0.2) is 4.63 Å². The number of rotatable bonds is 1. The molecule has 98 valence electrons. The summed E-state index contributed by atoms with van der Waals surface area (Å²) in [5, 5.41) is 7.11. The van der Waals surface area contributed by atoms with E-state index in [1.807, 2.05) is 4.90 Å². The molecule has 6 heteroatoms. The van der Waals surface area contributed by atoms with E-state index in [0.29, 0.717) is 12.0 Å². The van der Waals surface area contributed by atoms with Crippen LogP contribution >= 0.6 is 0 Å². The van der Waals surface area contributed by atoms with Gasteiger partial charge in [-0.2, -0.15) is 0 Å². The molecular formula is C12H18N4O2. The van der Waals surface area contributed by atoms with Crippen molar-refractivity contribution in [1.82, 2.24) is 15.2 Å². The van der Waals surface area contributed by atoms with Crippen molar-refractivity contribution in [2.45, 2.75) is 44.6 Å². The Balaban J connectivity index is 1.82. The van der Waals surface area contributed by atoms with Gasteiger partial charge in [0.25, 0.3) is 5.91 Å². The first-order chi connectivity index (χ1) is 8.77. The Morgan fingerprint density at radius 3 is 2.78 bits per heavy atom. The van der Waals surface area contributed by atoms with Gasteiger partial charge in [-0.1, -0.05) is 12.8 Å². The lowest BCUT2D eigenvalue weighted by atomic mass is 9.78. The van der Waals surface area contributed by atoms with Crippen molar-refractivity contribution < 1.29 is 9.42 Å². The van der Waals surface area contributed by atoms with Crippen LogP contribution in [0.25, 0.3) is 0 Å². The summed E-state index contributed by atoms with van der Waals surface area (Å²) < 4.78 is 4.52. The Labute approximate surface area is 105 Å². The number of piperidine rings is 1. The molecule has 2 atom stereocenters. The first-order valence-electron chi connectivity index (χ1n) is 6.66. The summed E-state index contributed by atoms with van der Waals surface area (Å²) in [6, 6.07) is 0.357. The summed E-state index contributed by atoms with van der Waals surface area (Å²) >= 11 is 0. The Hall–Kier alpha value is -1.59. The van der Waals surface area contributed by atoms with E-state index in [-0.39, 0.29) is 17.4 Å². The number of hydrogen-bond acceptors (Lipinski definition) is 5. The molecular weight excluding hydrogens is 232 g/mol. The van der Waals surface area contributed by atoms with Gasteiger partial charge in [-0.05, 0) is 41.9 Å². The fourth-order valence-electron chi connectivity index (χ4n) is 3.36. The predicted octanol–water partition coefficient (Wildman–Crippen LogP) is 1.45. The third-order valence-corrected chi connectivity index (χ3v) is 4.22. The molecule has 1 aliphatic heterocycles. The van der Waals surface area contributed by atoms with Crippen LogP contribution in [0.5, 0.6) is 0 Å². The second kappa shape index (κ2) is 4.59. The summed E-state index contributed by atoms with van der Waals surface area (Å²) in [7, 11) is 0. The molecule has 0 radical (unpaired) electrons. The molecule has 2 unspecified atom stereocenters. The monoisotopic (exact) mass is 250 g/mol. The highest BCUT2D eigenvalue weighted by Crippen LogP contribution is 2.36. The molecule has 0 aromatic carbocycles. The van der Waals surface area contributed by atoms with Crippen LogP contribution in [0.1, 0.15) is 49.0 Å². The number of fused-ring (bicyclic) bond motifs is 1. The molecule has 1 saturated heterocycles. The zero-order valence-corrected chi connectivity index (χ0v) is 10.3. The highest BCUT2D eigenvalue weighted by Gasteiger charge is 2.37. The van der Waals surface area contributed by atoms with Crippen molar-refractivity contribution in [3.05, 3.63) is 5.69 Å². The van der Waals surface area contributed by atoms with E-state index in [0.717, 1.165) is 19.4 Å². The van der Waals surface area contributed by atoms with Crippen LogP contribution in [0.2, 0.25) is 0 Å². The maximum Gasteiger partial charge on any atom is 0.280 e. The van der Waals surface area contributed by atoms with Gasteiger partial charge in [0.1, 0.15) is 0 Å². The first kappa shape index (κ1) is 11.5. The van der Waals surface area contributed by atoms with E-state index < -0.39 is 0 Å². The quantitative estimate of drug-likeness (QED) is 0.815. The lowest BCUT2D eigenvalue weighted by molar-refractivity contribution is 0.0382. The minimum Gasteiger partial charge on any atom is -0.379 e. The van der Waals surface area contributed by atoms with Crippen molar-refractivity contribution in [2.75, 3.05) is 12.3 Å². The molecule has 18 heavy (non-hydrogen) atoms. The van der Waals surface area contributed by atoms with E-state index in [1.165, 1.54) is 25.7 Å². The minimum absolute atomic E-state index is 0.0953. The fourth-order valence-corrected chi connectivity index (χ4v) is 3.36. The molecule has 0 bridgehead atoms. The van der Waals surface area contributed by atoms with Gasteiger partial charge in [0.15, 0.2) is 0 Å². The Morgan fingerprint density at radius 1 is 1.22 bits per heavy atom. The van der Waals surface area contributed by atoms with Crippen molar-refractivity contribution in [3.8, 4) is 0 Å². The van der Waals surface area contributed by atoms with E-state index in [1.54, 1.807) is 0 Å². The van der Waals surface area contributed by atoms with Gasteiger partial charge in [0.2, 0.25) is 11.5 Å². The van der Waals surface area contributed by atoms with Crippen molar-refractivity contribution in [3.63, 3.8) is 0 Å². The summed E-state index contributed by atoms with van der Waals surface area (Å²) in [6.45, 7) is 0.798. The van der Waals surface area contributed by atoms with Crippen molar-refractivity contribution in [2.24, 2.45) is 5.92 Å². The number of nitrogens with two attached hydrogens (primary N) is 1. The molecule has 3 rings (SSSR count). The van der Waals surface area contributed by atoms with Crippen LogP contribution in [-0.4, -0.2) is 33.7 Å². The summed E-state index contributed by atoms with van der Waals surface area (Å²) in [6.07, 6.45) is 7.13. The second-order valence-electron chi connectivity index (χ2n) is 5.25. The van der Waals surface area contributed by atoms with Crippen LogP contribution in [0.15, 0.2) is 4.63 Å². The maximum absolute atomic E-state index is 12.4. The smallest absolute Gasteiger partial charge is 0.280 e. The third kappa shape index (κ3) is 1.85. The summed E-state index contributed by atoms with van der Waals surface area (Å²) in [5.74, 6) is 0.626. The van der Waals surface area contributed by atoms with Crippen LogP contribution in [-0.2, 0) is 0 Å². The molecule has 1 amide bonds. The molecule has 1 aromatic heterocycles. The SMILES string of the molecule is Nc1nonc1C(=O)N1CCCC2CCCCC21. The highest BCUT2D eigenvalue weighted by molar-refractivity contribution is 5.96. The zero-order chi connectivity index (χ0) is 12.5. The standard InChI is InChI=1S/C12H18N4O2/c13-11-10(14-18-15-11)12(17)16-7-3-5-8-4-1-2-6-9(8)16/h8-9H,1-7H2,(H2,13,15). The number of amides is 1. The van der Waals surface area contributed by atoms with E-state index in [2.05, 4.69) is 14.9 Å².